The fourth-order valence-corrected chi connectivity index (χ4v) is 2.13. The molecule has 1 unspecified atom stereocenters. The zero-order valence-electron chi connectivity index (χ0n) is 10.9. The summed E-state index contributed by atoms with van der Waals surface area (Å²) in [6.07, 6.45) is 2.73. The smallest absolute Gasteiger partial charge is 0.0444 e. The predicted molar refractivity (Wildman–Crippen MR) is 73.1 cm³/mol. The van der Waals surface area contributed by atoms with Gasteiger partial charge in [-0.15, -0.1) is 0 Å². The number of rotatable bonds is 6. The van der Waals surface area contributed by atoms with Crippen LogP contribution in [0.4, 0.5) is 0 Å². The monoisotopic (exact) mass is 232 g/mol. The molecule has 2 nitrogen and oxygen atoms in total. The molecule has 0 bridgehead atoms. The van der Waals surface area contributed by atoms with Crippen LogP contribution in [0.1, 0.15) is 49.8 Å². The standard InChI is InChI=1S/C15H24N2/c1-11(2)10-17-15(9-16)14-7-5-13(6-8-14)12-3-4-12/h5-8,11-12,15,17H,3-4,9-10,16H2,1-2H3. The van der Waals surface area contributed by atoms with Gasteiger partial charge in [-0.25, -0.2) is 0 Å². The molecular formula is C15H24N2. The van der Waals surface area contributed by atoms with E-state index in [1.807, 2.05) is 0 Å². The van der Waals surface area contributed by atoms with Crippen molar-refractivity contribution in [1.82, 2.24) is 5.32 Å². The fourth-order valence-electron chi connectivity index (χ4n) is 2.13. The van der Waals surface area contributed by atoms with E-state index >= 15 is 0 Å². The molecule has 0 radical (unpaired) electrons. The molecule has 1 aromatic rings. The number of benzene rings is 1. The van der Waals surface area contributed by atoms with Crippen molar-refractivity contribution >= 4 is 0 Å². The van der Waals surface area contributed by atoms with Gasteiger partial charge in [0.05, 0.1) is 0 Å². The molecule has 1 aliphatic rings. The maximum atomic E-state index is 5.84. The van der Waals surface area contributed by atoms with Gasteiger partial charge in [-0.2, -0.15) is 0 Å². The third-order valence-electron chi connectivity index (χ3n) is 3.40. The molecule has 2 rings (SSSR count). The highest BCUT2D eigenvalue weighted by Crippen LogP contribution is 2.40. The lowest BCUT2D eigenvalue weighted by atomic mass is 10.0. The van der Waals surface area contributed by atoms with Crippen molar-refractivity contribution in [2.24, 2.45) is 11.7 Å². The number of hydrogen-bond donors (Lipinski definition) is 2. The summed E-state index contributed by atoms with van der Waals surface area (Å²) in [5, 5.41) is 3.52. The summed E-state index contributed by atoms with van der Waals surface area (Å²) < 4.78 is 0. The van der Waals surface area contributed by atoms with E-state index in [1.54, 1.807) is 0 Å². The van der Waals surface area contributed by atoms with Crippen LogP contribution in [0.5, 0.6) is 0 Å². The SMILES string of the molecule is CC(C)CNC(CN)c1ccc(C2CC2)cc1. The van der Waals surface area contributed by atoms with Crippen molar-refractivity contribution in [3.8, 4) is 0 Å². The van der Waals surface area contributed by atoms with E-state index in [2.05, 4.69) is 43.4 Å². The van der Waals surface area contributed by atoms with Gasteiger partial charge in [-0.3, -0.25) is 0 Å². The van der Waals surface area contributed by atoms with E-state index in [1.165, 1.54) is 24.0 Å². The Hall–Kier alpha value is -0.860. The minimum Gasteiger partial charge on any atom is -0.329 e. The van der Waals surface area contributed by atoms with E-state index in [-0.39, 0.29) is 0 Å². The van der Waals surface area contributed by atoms with Gasteiger partial charge in [0.1, 0.15) is 0 Å². The molecule has 1 saturated carbocycles. The molecule has 1 aliphatic carbocycles. The van der Waals surface area contributed by atoms with Crippen LogP contribution >= 0.6 is 0 Å². The van der Waals surface area contributed by atoms with E-state index in [0.717, 1.165) is 12.5 Å². The van der Waals surface area contributed by atoms with Crippen molar-refractivity contribution in [3.63, 3.8) is 0 Å². The first-order chi connectivity index (χ1) is 8.20. The molecule has 94 valence electrons. The molecule has 0 saturated heterocycles. The van der Waals surface area contributed by atoms with Crippen molar-refractivity contribution in [1.29, 1.82) is 0 Å². The highest BCUT2D eigenvalue weighted by atomic mass is 14.9. The molecular weight excluding hydrogens is 208 g/mol. The molecule has 0 heterocycles. The van der Waals surface area contributed by atoms with Gasteiger partial charge < -0.3 is 11.1 Å². The van der Waals surface area contributed by atoms with Crippen LogP contribution in [0.2, 0.25) is 0 Å². The first-order valence-corrected chi connectivity index (χ1v) is 6.74. The molecule has 0 spiro atoms. The summed E-state index contributed by atoms with van der Waals surface area (Å²) in [6, 6.07) is 9.31. The molecule has 3 N–H and O–H groups in total. The Kier molecular flexibility index (Phi) is 4.19. The summed E-state index contributed by atoms with van der Waals surface area (Å²) in [7, 11) is 0. The van der Waals surface area contributed by atoms with Crippen LogP contribution in [0.15, 0.2) is 24.3 Å². The Morgan fingerprint density at radius 1 is 1.24 bits per heavy atom. The highest BCUT2D eigenvalue weighted by Gasteiger charge is 2.23. The van der Waals surface area contributed by atoms with Crippen LogP contribution in [-0.2, 0) is 0 Å². The topological polar surface area (TPSA) is 38.0 Å². The molecule has 1 fully saturated rings. The molecule has 0 aliphatic heterocycles. The molecule has 0 amide bonds. The van der Waals surface area contributed by atoms with Crippen LogP contribution in [0, 0.1) is 5.92 Å². The zero-order chi connectivity index (χ0) is 12.3. The van der Waals surface area contributed by atoms with E-state index in [0.29, 0.717) is 18.5 Å². The van der Waals surface area contributed by atoms with Crippen LogP contribution in [-0.4, -0.2) is 13.1 Å². The van der Waals surface area contributed by atoms with E-state index < -0.39 is 0 Å². The van der Waals surface area contributed by atoms with Crippen molar-refractivity contribution < 1.29 is 0 Å². The molecule has 2 heteroatoms. The Balaban J connectivity index is 1.97. The Morgan fingerprint density at radius 3 is 2.35 bits per heavy atom. The fraction of sp³-hybridized carbons (Fsp3) is 0.600. The van der Waals surface area contributed by atoms with Crippen molar-refractivity contribution in [3.05, 3.63) is 35.4 Å². The Labute approximate surface area is 105 Å². The van der Waals surface area contributed by atoms with Gasteiger partial charge in [0.2, 0.25) is 0 Å². The van der Waals surface area contributed by atoms with Crippen molar-refractivity contribution in [2.75, 3.05) is 13.1 Å². The van der Waals surface area contributed by atoms with Crippen LogP contribution in [0.3, 0.4) is 0 Å². The minimum atomic E-state index is 0.297. The summed E-state index contributed by atoms with van der Waals surface area (Å²) in [5.74, 6) is 1.50. The van der Waals surface area contributed by atoms with Crippen molar-refractivity contribution in [2.45, 2.75) is 38.6 Å². The van der Waals surface area contributed by atoms with Gasteiger partial charge in [0.15, 0.2) is 0 Å². The summed E-state index contributed by atoms with van der Waals surface area (Å²) in [5.41, 5.74) is 8.65. The molecule has 1 aromatic carbocycles. The second-order valence-electron chi connectivity index (χ2n) is 5.53. The van der Waals surface area contributed by atoms with E-state index in [9.17, 15) is 0 Å². The number of nitrogens with one attached hydrogen (secondary N) is 1. The van der Waals surface area contributed by atoms with Crippen LogP contribution < -0.4 is 11.1 Å². The van der Waals surface area contributed by atoms with Gasteiger partial charge in [0.25, 0.3) is 0 Å². The summed E-state index contributed by atoms with van der Waals surface area (Å²) >= 11 is 0. The largest absolute Gasteiger partial charge is 0.329 e. The molecule has 0 aromatic heterocycles. The Bertz CT molecular complexity index is 338. The normalized spacial score (nSPS) is 17.4. The highest BCUT2D eigenvalue weighted by molar-refractivity contribution is 5.29. The lowest BCUT2D eigenvalue weighted by Gasteiger charge is -2.19. The zero-order valence-corrected chi connectivity index (χ0v) is 10.9. The summed E-state index contributed by atoms with van der Waals surface area (Å²) in [4.78, 5) is 0. The average Bonchev–Trinajstić information content (AvgIpc) is 3.14. The summed E-state index contributed by atoms with van der Waals surface area (Å²) in [6.45, 7) is 6.12. The number of hydrogen-bond acceptors (Lipinski definition) is 2. The van der Waals surface area contributed by atoms with Gasteiger partial charge in [0, 0.05) is 12.6 Å². The lowest BCUT2D eigenvalue weighted by molar-refractivity contribution is 0.479. The van der Waals surface area contributed by atoms with Crippen LogP contribution in [0.25, 0.3) is 0 Å². The maximum absolute atomic E-state index is 5.84. The second-order valence-corrected chi connectivity index (χ2v) is 5.53. The molecule has 1 atom stereocenters. The number of nitrogens with two attached hydrogens (primary N) is 1. The first kappa shape index (κ1) is 12.6. The van der Waals surface area contributed by atoms with Gasteiger partial charge in [-0.05, 0) is 42.3 Å². The third kappa shape index (κ3) is 3.55. The predicted octanol–water partition coefficient (Wildman–Crippen LogP) is 2.81. The Morgan fingerprint density at radius 2 is 1.88 bits per heavy atom. The second kappa shape index (κ2) is 5.65. The third-order valence-corrected chi connectivity index (χ3v) is 3.40. The minimum absolute atomic E-state index is 0.297. The van der Waals surface area contributed by atoms with Gasteiger partial charge in [-0.1, -0.05) is 38.1 Å². The maximum Gasteiger partial charge on any atom is 0.0444 e. The molecule has 17 heavy (non-hydrogen) atoms. The van der Waals surface area contributed by atoms with Gasteiger partial charge >= 0.3 is 0 Å². The van der Waals surface area contributed by atoms with E-state index in [4.69, 9.17) is 5.73 Å². The first-order valence-electron chi connectivity index (χ1n) is 6.74. The quantitative estimate of drug-likeness (QED) is 0.791. The average molecular weight is 232 g/mol. The lowest BCUT2D eigenvalue weighted by Crippen LogP contribution is -2.30.